The Morgan fingerprint density at radius 1 is 1.50 bits per heavy atom. The molecular formula is C13H15FIN3. The summed E-state index contributed by atoms with van der Waals surface area (Å²) in [6.07, 6.45) is 4.70. The number of hydrogen-bond donors (Lipinski definition) is 1. The first-order chi connectivity index (χ1) is 8.60. The largest absolute Gasteiger partial charge is 0.313 e. The molecule has 0 bridgehead atoms. The van der Waals surface area contributed by atoms with E-state index in [-0.39, 0.29) is 11.9 Å². The second-order valence-corrected chi connectivity index (χ2v) is 5.40. The van der Waals surface area contributed by atoms with Crippen molar-refractivity contribution in [2.24, 2.45) is 7.05 Å². The van der Waals surface area contributed by atoms with E-state index >= 15 is 0 Å². The van der Waals surface area contributed by atoms with E-state index in [0.717, 1.165) is 21.1 Å². The van der Waals surface area contributed by atoms with Gasteiger partial charge in [-0.3, -0.25) is 4.68 Å². The molecule has 0 radical (unpaired) electrons. The van der Waals surface area contributed by atoms with Crippen molar-refractivity contribution in [1.29, 1.82) is 0 Å². The van der Waals surface area contributed by atoms with Crippen molar-refractivity contribution in [3.63, 3.8) is 0 Å². The Bertz CT molecular complexity index is 539. The molecule has 1 unspecified atom stereocenters. The average molecular weight is 359 g/mol. The molecule has 0 saturated heterocycles. The average Bonchev–Trinajstić information content (AvgIpc) is 2.72. The first kappa shape index (κ1) is 13.5. The molecule has 2 rings (SSSR count). The fourth-order valence-corrected chi connectivity index (χ4v) is 2.82. The summed E-state index contributed by atoms with van der Waals surface area (Å²) in [6.45, 7) is 0. The van der Waals surface area contributed by atoms with Crippen LogP contribution in [0.5, 0.6) is 0 Å². The molecule has 18 heavy (non-hydrogen) atoms. The van der Waals surface area contributed by atoms with Crippen molar-refractivity contribution in [1.82, 2.24) is 15.1 Å². The SMILES string of the molecule is CNC(Cc1cnn(C)c1)c1ccc(F)cc1I. The highest BCUT2D eigenvalue weighted by Crippen LogP contribution is 2.23. The first-order valence-electron chi connectivity index (χ1n) is 5.70. The molecule has 5 heteroatoms. The van der Waals surface area contributed by atoms with Gasteiger partial charge in [-0.05, 0) is 59.3 Å². The van der Waals surface area contributed by atoms with Gasteiger partial charge in [0.25, 0.3) is 0 Å². The van der Waals surface area contributed by atoms with Crippen LogP contribution in [0, 0.1) is 9.39 Å². The number of rotatable bonds is 4. The molecule has 1 aromatic heterocycles. The van der Waals surface area contributed by atoms with Gasteiger partial charge < -0.3 is 5.32 Å². The Morgan fingerprint density at radius 2 is 2.28 bits per heavy atom. The molecule has 0 amide bonds. The lowest BCUT2D eigenvalue weighted by molar-refractivity contribution is 0.582. The Hall–Kier alpha value is -0.950. The minimum absolute atomic E-state index is 0.168. The number of aryl methyl sites for hydroxylation is 1. The predicted octanol–water partition coefficient (Wildman–Crippen LogP) is 2.67. The highest BCUT2D eigenvalue weighted by molar-refractivity contribution is 14.1. The van der Waals surface area contributed by atoms with Crippen LogP contribution in [-0.2, 0) is 13.5 Å². The molecule has 96 valence electrons. The molecule has 0 aliphatic rings. The summed E-state index contributed by atoms with van der Waals surface area (Å²) in [6, 6.07) is 5.07. The Balaban J connectivity index is 2.22. The van der Waals surface area contributed by atoms with Crippen LogP contribution in [-0.4, -0.2) is 16.8 Å². The van der Waals surface area contributed by atoms with Gasteiger partial charge in [0.05, 0.1) is 6.20 Å². The zero-order valence-electron chi connectivity index (χ0n) is 10.3. The molecule has 1 atom stereocenters. The van der Waals surface area contributed by atoms with Gasteiger partial charge >= 0.3 is 0 Å². The van der Waals surface area contributed by atoms with E-state index in [0.29, 0.717) is 0 Å². The van der Waals surface area contributed by atoms with Crippen LogP contribution in [0.1, 0.15) is 17.2 Å². The molecule has 0 saturated carbocycles. The molecule has 1 N–H and O–H groups in total. The smallest absolute Gasteiger partial charge is 0.124 e. The van der Waals surface area contributed by atoms with Crippen LogP contribution < -0.4 is 5.32 Å². The van der Waals surface area contributed by atoms with Crippen LogP contribution in [0.4, 0.5) is 4.39 Å². The fourth-order valence-electron chi connectivity index (χ4n) is 1.96. The van der Waals surface area contributed by atoms with Crippen LogP contribution in [0.2, 0.25) is 0 Å². The highest BCUT2D eigenvalue weighted by atomic mass is 127. The van der Waals surface area contributed by atoms with E-state index in [9.17, 15) is 4.39 Å². The summed E-state index contributed by atoms with van der Waals surface area (Å²) in [5.41, 5.74) is 2.28. The van der Waals surface area contributed by atoms with Crippen LogP contribution >= 0.6 is 22.6 Å². The van der Waals surface area contributed by atoms with Gasteiger partial charge in [0.2, 0.25) is 0 Å². The van der Waals surface area contributed by atoms with Crippen LogP contribution in [0.25, 0.3) is 0 Å². The first-order valence-corrected chi connectivity index (χ1v) is 6.77. The minimum Gasteiger partial charge on any atom is -0.313 e. The quantitative estimate of drug-likeness (QED) is 0.851. The summed E-state index contributed by atoms with van der Waals surface area (Å²) < 4.78 is 15.8. The molecule has 1 heterocycles. The van der Waals surface area contributed by atoms with Gasteiger partial charge in [0.15, 0.2) is 0 Å². The maximum Gasteiger partial charge on any atom is 0.124 e. The zero-order chi connectivity index (χ0) is 13.1. The fraction of sp³-hybridized carbons (Fsp3) is 0.308. The van der Waals surface area contributed by atoms with Gasteiger partial charge in [-0.15, -0.1) is 0 Å². The number of hydrogen-bond acceptors (Lipinski definition) is 2. The van der Waals surface area contributed by atoms with Crippen molar-refractivity contribution in [2.45, 2.75) is 12.5 Å². The van der Waals surface area contributed by atoms with E-state index < -0.39 is 0 Å². The lowest BCUT2D eigenvalue weighted by Gasteiger charge is -2.17. The molecule has 0 aliphatic carbocycles. The number of aromatic nitrogens is 2. The number of halogens is 2. The monoisotopic (exact) mass is 359 g/mol. The third-order valence-corrected chi connectivity index (χ3v) is 3.82. The van der Waals surface area contributed by atoms with E-state index in [1.54, 1.807) is 10.7 Å². The summed E-state index contributed by atoms with van der Waals surface area (Å²) in [5, 5.41) is 7.43. The van der Waals surface area contributed by atoms with E-state index in [1.807, 2.05) is 32.6 Å². The van der Waals surface area contributed by atoms with Crippen LogP contribution in [0.3, 0.4) is 0 Å². The third kappa shape index (κ3) is 3.08. The second-order valence-electron chi connectivity index (χ2n) is 4.23. The van der Waals surface area contributed by atoms with Crippen molar-refractivity contribution in [3.05, 3.63) is 51.1 Å². The van der Waals surface area contributed by atoms with Crippen molar-refractivity contribution < 1.29 is 4.39 Å². The maximum atomic E-state index is 13.1. The van der Waals surface area contributed by atoms with Gasteiger partial charge in [0, 0.05) is 22.9 Å². The number of nitrogens with one attached hydrogen (secondary N) is 1. The van der Waals surface area contributed by atoms with Crippen molar-refractivity contribution in [3.8, 4) is 0 Å². The summed E-state index contributed by atoms with van der Waals surface area (Å²) in [5.74, 6) is -0.195. The molecule has 0 fully saturated rings. The third-order valence-electron chi connectivity index (χ3n) is 2.88. The van der Waals surface area contributed by atoms with Gasteiger partial charge in [-0.1, -0.05) is 6.07 Å². The lowest BCUT2D eigenvalue weighted by Crippen LogP contribution is -2.19. The Morgan fingerprint density at radius 3 is 2.83 bits per heavy atom. The van der Waals surface area contributed by atoms with Crippen LogP contribution in [0.15, 0.2) is 30.6 Å². The zero-order valence-corrected chi connectivity index (χ0v) is 12.5. The normalized spacial score (nSPS) is 12.7. The van der Waals surface area contributed by atoms with Gasteiger partial charge in [-0.25, -0.2) is 4.39 Å². The van der Waals surface area contributed by atoms with E-state index in [2.05, 4.69) is 33.0 Å². The molecule has 0 aliphatic heterocycles. The predicted molar refractivity (Wildman–Crippen MR) is 77.8 cm³/mol. The lowest BCUT2D eigenvalue weighted by atomic mass is 10.0. The number of benzene rings is 1. The molecule has 0 spiro atoms. The Kier molecular flexibility index (Phi) is 4.34. The summed E-state index contributed by atoms with van der Waals surface area (Å²) >= 11 is 2.17. The molecule has 3 nitrogen and oxygen atoms in total. The van der Waals surface area contributed by atoms with Gasteiger partial charge in [0.1, 0.15) is 5.82 Å². The van der Waals surface area contributed by atoms with Crippen molar-refractivity contribution >= 4 is 22.6 Å². The van der Waals surface area contributed by atoms with Crippen molar-refractivity contribution in [2.75, 3.05) is 7.05 Å². The standard InChI is InChI=1S/C13H15FIN3/c1-16-13(5-9-7-17-18(2)8-9)11-4-3-10(14)6-12(11)15/h3-4,6-8,13,16H,5H2,1-2H3. The van der Waals surface area contributed by atoms with Gasteiger partial charge in [-0.2, -0.15) is 5.10 Å². The minimum atomic E-state index is -0.195. The second kappa shape index (κ2) is 5.79. The molecule has 2 aromatic rings. The van der Waals surface area contributed by atoms with E-state index in [1.165, 1.54) is 6.07 Å². The topological polar surface area (TPSA) is 29.9 Å². The highest BCUT2D eigenvalue weighted by Gasteiger charge is 2.14. The Labute approximate surface area is 120 Å². The summed E-state index contributed by atoms with van der Waals surface area (Å²) in [4.78, 5) is 0. The molecular weight excluding hydrogens is 344 g/mol. The summed E-state index contributed by atoms with van der Waals surface area (Å²) in [7, 11) is 3.82. The number of likely N-dealkylation sites (N-methyl/N-ethyl adjacent to an activating group) is 1. The van der Waals surface area contributed by atoms with E-state index in [4.69, 9.17) is 0 Å². The molecule has 1 aromatic carbocycles. The maximum absolute atomic E-state index is 13.1. The number of nitrogens with zero attached hydrogens (tertiary/aromatic N) is 2.